The first kappa shape index (κ1) is 18.7. The molecule has 3 atom stereocenters. The maximum atomic E-state index is 12.6. The van der Waals surface area contributed by atoms with Crippen molar-refractivity contribution in [2.45, 2.75) is 18.4 Å². The summed E-state index contributed by atoms with van der Waals surface area (Å²) >= 11 is 12.2. The summed E-state index contributed by atoms with van der Waals surface area (Å²) in [5, 5.41) is 23.5. The van der Waals surface area contributed by atoms with Gasteiger partial charge in [0.25, 0.3) is 0 Å². The molecule has 8 heteroatoms. The predicted molar refractivity (Wildman–Crippen MR) is 113 cm³/mol. The number of nitrogens with one attached hydrogen (secondary N) is 2. The molecule has 29 heavy (non-hydrogen) atoms. The minimum Gasteiger partial charge on any atom is -0.385 e. The first-order valence-electron chi connectivity index (χ1n) is 9.58. The number of amides is 2. The number of halogens is 2. The van der Waals surface area contributed by atoms with Crippen molar-refractivity contribution in [2.75, 3.05) is 18.4 Å². The molecule has 2 amide bonds. The first-order chi connectivity index (χ1) is 13.9. The average molecular weight is 431 g/mol. The van der Waals surface area contributed by atoms with E-state index in [0.717, 1.165) is 16.5 Å². The molecule has 0 bridgehead atoms. The maximum absolute atomic E-state index is 12.6. The summed E-state index contributed by atoms with van der Waals surface area (Å²) in [4.78, 5) is 14.5. The monoisotopic (exact) mass is 430 g/mol. The zero-order chi connectivity index (χ0) is 20.2. The van der Waals surface area contributed by atoms with Crippen molar-refractivity contribution in [2.24, 2.45) is 11.8 Å². The van der Waals surface area contributed by atoms with Crippen LogP contribution in [0.25, 0.3) is 10.9 Å². The lowest BCUT2D eigenvalue weighted by atomic mass is 9.88. The van der Waals surface area contributed by atoms with Crippen LogP contribution in [0.4, 0.5) is 10.5 Å². The standard InChI is InChI=1S/C21H20Cl2N4O2/c22-14-1-3-16(4-2-14)25-20(28)27-10-12-7-21(29,8-13(12)11-27)18-5-15(23)6-19-17(18)9-24-26-19/h1-6,9,12-13,29H,7-8,10-11H2,(H,24,26)(H,25,28)/t12-,13+,21+. The van der Waals surface area contributed by atoms with Crippen LogP contribution in [0.3, 0.4) is 0 Å². The number of urea groups is 1. The Morgan fingerprint density at radius 1 is 1.14 bits per heavy atom. The van der Waals surface area contributed by atoms with Crippen LogP contribution in [-0.4, -0.2) is 39.3 Å². The molecule has 2 aliphatic rings. The molecule has 0 unspecified atom stereocenters. The van der Waals surface area contributed by atoms with E-state index >= 15 is 0 Å². The van der Waals surface area contributed by atoms with Gasteiger partial charge < -0.3 is 15.3 Å². The van der Waals surface area contributed by atoms with Crippen LogP contribution in [-0.2, 0) is 5.60 Å². The van der Waals surface area contributed by atoms with E-state index < -0.39 is 5.60 Å². The summed E-state index contributed by atoms with van der Waals surface area (Å²) in [6, 6.07) is 10.6. The minimum absolute atomic E-state index is 0.120. The van der Waals surface area contributed by atoms with Gasteiger partial charge >= 0.3 is 6.03 Å². The fourth-order valence-corrected chi connectivity index (χ4v) is 5.22. The number of aliphatic hydroxyl groups is 1. The van der Waals surface area contributed by atoms with Gasteiger partial charge in [0.1, 0.15) is 0 Å². The Balaban J connectivity index is 1.31. The summed E-state index contributed by atoms with van der Waals surface area (Å²) < 4.78 is 0. The number of nitrogens with zero attached hydrogens (tertiary/aromatic N) is 2. The predicted octanol–water partition coefficient (Wildman–Crippen LogP) is 4.63. The van der Waals surface area contributed by atoms with Crippen molar-refractivity contribution in [3.05, 3.63) is 58.2 Å². The minimum atomic E-state index is -0.957. The van der Waals surface area contributed by atoms with E-state index in [4.69, 9.17) is 23.2 Å². The Morgan fingerprint density at radius 2 is 1.83 bits per heavy atom. The number of carbonyl (C=O) groups excluding carboxylic acids is 1. The Kier molecular flexibility index (Phi) is 4.46. The molecule has 3 aromatic rings. The number of anilines is 1. The van der Waals surface area contributed by atoms with Gasteiger partial charge in [-0.3, -0.25) is 5.10 Å². The van der Waals surface area contributed by atoms with Crippen LogP contribution in [0.15, 0.2) is 42.6 Å². The van der Waals surface area contributed by atoms with Crippen molar-refractivity contribution >= 4 is 45.8 Å². The second-order valence-corrected chi connectivity index (χ2v) is 8.96. The summed E-state index contributed by atoms with van der Waals surface area (Å²) in [5.74, 6) is 0.494. The second kappa shape index (κ2) is 6.90. The highest BCUT2D eigenvalue weighted by atomic mass is 35.5. The van der Waals surface area contributed by atoms with Crippen molar-refractivity contribution in [1.29, 1.82) is 0 Å². The average Bonchev–Trinajstić information content (AvgIpc) is 3.36. The topological polar surface area (TPSA) is 81.3 Å². The van der Waals surface area contributed by atoms with Gasteiger partial charge in [0.15, 0.2) is 0 Å². The number of rotatable bonds is 2. The molecule has 1 saturated heterocycles. The van der Waals surface area contributed by atoms with Gasteiger partial charge in [-0.2, -0.15) is 5.10 Å². The summed E-state index contributed by atoms with van der Waals surface area (Å²) in [6.07, 6.45) is 2.94. The number of aromatic nitrogens is 2. The Hall–Kier alpha value is -2.28. The third-order valence-electron chi connectivity index (χ3n) is 6.18. The molecule has 150 valence electrons. The van der Waals surface area contributed by atoms with E-state index in [1.807, 2.05) is 17.0 Å². The number of hydrogen-bond acceptors (Lipinski definition) is 3. The molecule has 1 aliphatic heterocycles. The molecule has 2 heterocycles. The molecule has 5 rings (SSSR count). The van der Waals surface area contributed by atoms with Gasteiger partial charge in [-0.05, 0) is 66.6 Å². The zero-order valence-corrected chi connectivity index (χ0v) is 17.0. The van der Waals surface area contributed by atoms with E-state index in [1.165, 1.54) is 0 Å². The molecule has 0 radical (unpaired) electrons. The highest BCUT2D eigenvalue weighted by molar-refractivity contribution is 6.31. The van der Waals surface area contributed by atoms with Crippen LogP contribution in [0.1, 0.15) is 18.4 Å². The third-order valence-corrected chi connectivity index (χ3v) is 6.65. The highest BCUT2D eigenvalue weighted by Crippen LogP contribution is 2.50. The number of aromatic amines is 1. The lowest BCUT2D eigenvalue weighted by Crippen LogP contribution is -2.35. The number of hydrogen-bond donors (Lipinski definition) is 3. The molecule has 1 saturated carbocycles. The molecule has 2 fully saturated rings. The van der Waals surface area contributed by atoms with E-state index in [0.29, 0.717) is 41.7 Å². The Bertz CT molecular complexity index is 1070. The normalized spacial score (nSPS) is 26.1. The number of benzene rings is 2. The molecular weight excluding hydrogens is 411 g/mol. The molecule has 1 aliphatic carbocycles. The van der Waals surface area contributed by atoms with Crippen molar-refractivity contribution < 1.29 is 9.90 Å². The molecular formula is C21H20Cl2N4O2. The number of fused-ring (bicyclic) bond motifs is 2. The quantitative estimate of drug-likeness (QED) is 0.554. The summed E-state index contributed by atoms with van der Waals surface area (Å²) in [6.45, 7) is 1.25. The molecule has 0 spiro atoms. The number of carbonyl (C=O) groups is 1. The number of H-pyrrole nitrogens is 1. The zero-order valence-electron chi connectivity index (χ0n) is 15.5. The van der Waals surface area contributed by atoms with E-state index in [2.05, 4.69) is 15.5 Å². The maximum Gasteiger partial charge on any atom is 0.321 e. The second-order valence-electron chi connectivity index (χ2n) is 8.09. The largest absolute Gasteiger partial charge is 0.385 e. The van der Waals surface area contributed by atoms with E-state index in [9.17, 15) is 9.90 Å². The Morgan fingerprint density at radius 3 is 2.52 bits per heavy atom. The third kappa shape index (κ3) is 3.35. The molecule has 2 aromatic carbocycles. The molecule has 6 nitrogen and oxygen atoms in total. The number of likely N-dealkylation sites (tertiary alicyclic amines) is 1. The van der Waals surface area contributed by atoms with E-state index in [-0.39, 0.29) is 17.9 Å². The van der Waals surface area contributed by atoms with Gasteiger partial charge in [0.05, 0.1) is 17.3 Å². The fourth-order valence-electron chi connectivity index (χ4n) is 4.87. The SMILES string of the molecule is O=C(Nc1ccc(Cl)cc1)N1C[C@@H]2C[C@](O)(c3cc(Cl)cc4[nH]ncc34)C[C@@H]2C1. The first-order valence-corrected chi connectivity index (χ1v) is 10.3. The van der Waals surface area contributed by atoms with Crippen LogP contribution in [0, 0.1) is 11.8 Å². The highest BCUT2D eigenvalue weighted by Gasteiger charge is 2.50. The van der Waals surface area contributed by atoms with Crippen LogP contribution >= 0.6 is 23.2 Å². The van der Waals surface area contributed by atoms with Crippen molar-refractivity contribution in [1.82, 2.24) is 15.1 Å². The van der Waals surface area contributed by atoms with Gasteiger partial charge in [-0.15, -0.1) is 0 Å². The summed E-state index contributed by atoms with van der Waals surface area (Å²) in [5.41, 5.74) is 1.40. The van der Waals surface area contributed by atoms with Crippen LogP contribution in [0.5, 0.6) is 0 Å². The van der Waals surface area contributed by atoms with E-state index in [1.54, 1.807) is 30.5 Å². The van der Waals surface area contributed by atoms with Crippen molar-refractivity contribution in [3.63, 3.8) is 0 Å². The Labute approximate surface area is 177 Å². The lowest BCUT2D eigenvalue weighted by Gasteiger charge is -2.27. The lowest BCUT2D eigenvalue weighted by molar-refractivity contribution is 0.0343. The van der Waals surface area contributed by atoms with Gasteiger partial charge in [-0.25, -0.2) is 4.79 Å². The molecule has 1 aromatic heterocycles. The smallest absolute Gasteiger partial charge is 0.321 e. The van der Waals surface area contributed by atoms with Gasteiger partial charge in [-0.1, -0.05) is 23.2 Å². The van der Waals surface area contributed by atoms with Crippen molar-refractivity contribution in [3.8, 4) is 0 Å². The van der Waals surface area contributed by atoms with Gasteiger partial charge in [0.2, 0.25) is 0 Å². The molecule has 3 N–H and O–H groups in total. The summed E-state index contributed by atoms with van der Waals surface area (Å²) in [7, 11) is 0. The van der Waals surface area contributed by atoms with Crippen LogP contribution in [0.2, 0.25) is 10.0 Å². The van der Waals surface area contributed by atoms with Gasteiger partial charge in [0, 0.05) is 34.2 Å². The van der Waals surface area contributed by atoms with Crippen LogP contribution < -0.4 is 5.32 Å². The fraction of sp³-hybridized carbons (Fsp3) is 0.333.